The lowest BCUT2D eigenvalue weighted by Crippen LogP contribution is -2.57. The van der Waals surface area contributed by atoms with E-state index in [1.807, 2.05) is 51.9 Å². The number of likely N-dealkylation sites (tertiary alicyclic amines) is 1. The highest BCUT2D eigenvalue weighted by Crippen LogP contribution is 2.39. The second kappa shape index (κ2) is 9.59. The van der Waals surface area contributed by atoms with Crippen LogP contribution in [-0.4, -0.2) is 97.9 Å². The maximum absolute atomic E-state index is 13.7. The number of carbonyl (C=O) groups excluding carboxylic acids is 3. The van der Waals surface area contributed by atoms with Crippen LogP contribution in [-0.2, 0) is 14.3 Å². The molecule has 0 aliphatic carbocycles. The van der Waals surface area contributed by atoms with Gasteiger partial charge in [0.25, 0.3) is 0 Å². The average molecular weight is 461 g/mol. The first-order chi connectivity index (χ1) is 15.5. The lowest BCUT2D eigenvalue weighted by molar-refractivity contribution is -0.133. The fourth-order valence-electron chi connectivity index (χ4n) is 4.37. The summed E-state index contributed by atoms with van der Waals surface area (Å²) in [7, 11) is 5.32. The van der Waals surface area contributed by atoms with Crippen LogP contribution in [0, 0.1) is 0 Å². The summed E-state index contributed by atoms with van der Waals surface area (Å²) in [5, 5.41) is 0. The number of esters is 1. The molecule has 9 heteroatoms. The van der Waals surface area contributed by atoms with Crippen molar-refractivity contribution in [1.29, 1.82) is 0 Å². The Balaban J connectivity index is 1.83. The largest absolute Gasteiger partial charge is 0.465 e. The Hall–Kier alpha value is -2.81. The van der Waals surface area contributed by atoms with Crippen LogP contribution in [0.25, 0.3) is 0 Å². The first kappa shape index (κ1) is 24.8. The monoisotopic (exact) mass is 460 g/mol. The minimum Gasteiger partial charge on any atom is -0.465 e. The zero-order valence-electron chi connectivity index (χ0n) is 20.6. The quantitative estimate of drug-likeness (QED) is 0.624. The Labute approximate surface area is 196 Å². The van der Waals surface area contributed by atoms with Crippen molar-refractivity contribution in [2.24, 2.45) is 0 Å². The topological polar surface area (TPSA) is 82.6 Å². The predicted molar refractivity (Wildman–Crippen MR) is 125 cm³/mol. The van der Waals surface area contributed by atoms with Crippen molar-refractivity contribution >= 4 is 23.7 Å². The Morgan fingerprint density at radius 3 is 2.21 bits per heavy atom. The maximum atomic E-state index is 13.7. The fourth-order valence-corrected chi connectivity index (χ4v) is 4.37. The Kier molecular flexibility index (Phi) is 7.21. The highest BCUT2D eigenvalue weighted by molar-refractivity contribution is 5.94. The SMILES string of the molecule is COC(=O)c1ccc(N2CN(CCN(C)C)C(=O)C23CCN(C(=O)OC(C)(C)C)CC3)cc1. The summed E-state index contributed by atoms with van der Waals surface area (Å²) in [6, 6.07) is 7.16. The van der Waals surface area contributed by atoms with E-state index in [9.17, 15) is 14.4 Å². The molecule has 1 aromatic carbocycles. The number of carbonyl (C=O) groups is 3. The Morgan fingerprint density at radius 1 is 1.09 bits per heavy atom. The lowest BCUT2D eigenvalue weighted by Gasteiger charge is -2.43. The molecule has 3 rings (SSSR count). The summed E-state index contributed by atoms with van der Waals surface area (Å²) in [4.78, 5) is 45.8. The van der Waals surface area contributed by atoms with E-state index in [4.69, 9.17) is 9.47 Å². The van der Waals surface area contributed by atoms with Gasteiger partial charge in [0.15, 0.2) is 0 Å². The van der Waals surface area contributed by atoms with Crippen molar-refractivity contribution in [2.75, 3.05) is 59.0 Å². The van der Waals surface area contributed by atoms with Crippen molar-refractivity contribution in [3.63, 3.8) is 0 Å². The number of amides is 2. The van der Waals surface area contributed by atoms with E-state index in [0.29, 0.717) is 44.7 Å². The van der Waals surface area contributed by atoms with Gasteiger partial charge in [-0.3, -0.25) is 4.79 Å². The molecular weight excluding hydrogens is 424 g/mol. The molecule has 182 valence electrons. The molecule has 0 aromatic heterocycles. The number of nitrogens with zero attached hydrogens (tertiary/aromatic N) is 4. The highest BCUT2D eigenvalue weighted by atomic mass is 16.6. The molecule has 1 spiro atoms. The number of likely N-dealkylation sites (N-methyl/N-ethyl adjacent to an activating group) is 1. The number of benzene rings is 1. The van der Waals surface area contributed by atoms with E-state index in [1.165, 1.54) is 7.11 Å². The van der Waals surface area contributed by atoms with Gasteiger partial charge in [0.1, 0.15) is 11.1 Å². The Bertz CT molecular complexity index is 870. The van der Waals surface area contributed by atoms with Crippen molar-refractivity contribution in [1.82, 2.24) is 14.7 Å². The van der Waals surface area contributed by atoms with E-state index < -0.39 is 17.1 Å². The number of piperidine rings is 1. The van der Waals surface area contributed by atoms with Crippen LogP contribution in [0.1, 0.15) is 44.0 Å². The van der Waals surface area contributed by atoms with Crippen LogP contribution in [0.5, 0.6) is 0 Å². The second-order valence-electron chi connectivity index (χ2n) is 9.98. The minimum atomic E-state index is -0.725. The van der Waals surface area contributed by atoms with E-state index in [-0.39, 0.29) is 12.0 Å². The molecule has 2 saturated heterocycles. The third kappa shape index (κ3) is 5.40. The van der Waals surface area contributed by atoms with E-state index in [1.54, 1.807) is 17.0 Å². The van der Waals surface area contributed by atoms with Crippen molar-refractivity contribution in [2.45, 2.75) is 44.8 Å². The molecule has 0 radical (unpaired) electrons. The number of anilines is 1. The zero-order valence-corrected chi connectivity index (χ0v) is 20.6. The molecular formula is C24H36N4O5. The van der Waals surface area contributed by atoms with E-state index in [2.05, 4.69) is 9.80 Å². The van der Waals surface area contributed by atoms with Crippen LogP contribution in [0.4, 0.5) is 10.5 Å². The number of hydrogen-bond acceptors (Lipinski definition) is 7. The summed E-state index contributed by atoms with van der Waals surface area (Å²) in [6.07, 6.45) is 0.686. The minimum absolute atomic E-state index is 0.0882. The van der Waals surface area contributed by atoms with E-state index >= 15 is 0 Å². The van der Waals surface area contributed by atoms with Gasteiger partial charge in [0.2, 0.25) is 5.91 Å². The van der Waals surface area contributed by atoms with Gasteiger partial charge in [-0.25, -0.2) is 9.59 Å². The molecule has 0 bridgehead atoms. The number of ether oxygens (including phenoxy) is 2. The van der Waals surface area contributed by atoms with Gasteiger partial charge >= 0.3 is 12.1 Å². The predicted octanol–water partition coefficient (Wildman–Crippen LogP) is 2.41. The third-order valence-corrected chi connectivity index (χ3v) is 6.17. The van der Waals surface area contributed by atoms with Crippen molar-refractivity contribution in [3.05, 3.63) is 29.8 Å². The first-order valence-electron chi connectivity index (χ1n) is 11.3. The fraction of sp³-hybridized carbons (Fsp3) is 0.625. The highest BCUT2D eigenvalue weighted by Gasteiger charge is 2.54. The standard InChI is InChI=1S/C24H36N4O5/c1-23(2,3)33-22(31)26-13-11-24(12-14-26)21(30)27(16-15-25(4)5)17-28(24)19-9-7-18(8-10-19)20(29)32-6/h7-10H,11-17H2,1-6H3. The summed E-state index contributed by atoms with van der Waals surface area (Å²) < 4.78 is 10.3. The van der Waals surface area contributed by atoms with Gasteiger partial charge in [-0.2, -0.15) is 0 Å². The molecule has 2 amide bonds. The molecule has 0 unspecified atom stereocenters. The van der Waals surface area contributed by atoms with Crippen LogP contribution in [0.15, 0.2) is 24.3 Å². The second-order valence-corrected chi connectivity index (χ2v) is 9.98. The van der Waals surface area contributed by atoms with Gasteiger partial charge < -0.3 is 29.1 Å². The number of hydrogen-bond donors (Lipinski definition) is 0. The van der Waals surface area contributed by atoms with Gasteiger partial charge in [0, 0.05) is 31.9 Å². The van der Waals surface area contributed by atoms with Crippen LogP contribution < -0.4 is 4.90 Å². The lowest BCUT2D eigenvalue weighted by atomic mass is 9.85. The molecule has 0 atom stereocenters. The van der Waals surface area contributed by atoms with Crippen molar-refractivity contribution in [3.8, 4) is 0 Å². The van der Waals surface area contributed by atoms with Gasteiger partial charge in [-0.15, -0.1) is 0 Å². The zero-order chi connectivity index (χ0) is 24.4. The molecule has 33 heavy (non-hydrogen) atoms. The number of rotatable bonds is 5. The molecule has 2 fully saturated rings. The van der Waals surface area contributed by atoms with Gasteiger partial charge in [-0.1, -0.05) is 0 Å². The van der Waals surface area contributed by atoms with Crippen LogP contribution >= 0.6 is 0 Å². The molecule has 1 aromatic rings. The smallest absolute Gasteiger partial charge is 0.410 e. The number of methoxy groups -OCH3 is 1. The molecule has 2 aliphatic rings. The summed E-state index contributed by atoms with van der Waals surface area (Å²) in [6.45, 7) is 8.28. The molecule has 9 nitrogen and oxygen atoms in total. The van der Waals surface area contributed by atoms with Crippen molar-refractivity contribution < 1.29 is 23.9 Å². The van der Waals surface area contributed by atoms with Gasteiger partial charge in [-0.05, 0) is 72.0 Å². The average Bonchev–Trinajstić information content (AvgIpc) is 3.02. The maximum Gasteiger partial charge on any atom is 0.410 e. The van der Waals surface area contributed by atoms with E-state index in [0.717, 1.165) is 12.2 Å². The molecule has 2 aliphatic heterocycles. The van der Waals surface area contributed by atoms with Crippen LogP contribution in [0.2, 0.25) is 0 Å². The molecule has 0 saturated carbocycles. The third-order valence-electron chi connectivity index (χ3n) is 6.17. The van der Waals surface area contributed by atoms with Crippen LogP contribution in [0.3, 0.4) is 0 Å². The Morgan fingerprint density at radius 2 is 1.70 bits per heavy atom. The summed E-state index contributed by atoms with van der Waals surface area (Å²) >= 11 is 0. The summed E-state index contributed by atoms with van der Waals surface area (Å²) in [5.74, 6) is -0.308. The normalized spacial score (nSPS) is 18.3. The molecule has 0 N–H and O–H groups in total. The van der Waals surface area contributed by atoms with Gasteiger partial charge in [0.05, 0.1) is 19.3 Å². The summed E-state index contributed by atoms with van der Waals surface area (Å²) in [5.41, 5.74) is 0.0442. The first-order valence-corrected chi connectivity index (χ1v) is 11.3. The molecule has 2 heterocycles.